The Bertz CT molecular complexity index is 1060. The molecular weight excluding hydrogens is 446 g/mol. The van der Waals surface area contributed by atoms with Gasteiger partial charge in [0.2, 0.25) is 5.91 Å². The smallest absolute Gasteiger partial charge is 0.339 e. The number of carbonyl (C=O) groups is 3. The molecule has 8 nitrogen and oxygen atoms in total. The summed E-state index contributed by atoms with van der Waals surface area (Å²) >= 11 is 0. The van der Waals surface area contributed by atoms with Crippen molar-refractivity contribution in [3.8, 4) is 5.75 Å². The zero-order valence-corrected chi connectivity index (χ0v) is 20.3. The molecule has 0 spiro atoms. The maximum Gasteiger partial charge on any atom is 0.339 e. The van der Waals surface area contributed by atoms with E-state index in [2.05, 4.69) is 16.0 Å². The van der Waals surface area contributed by atoms with Crippen LogP contribution in [-0.2, 0) is 16.0 Å². The van der Waals surface area contributed by atoms with E-state index >= 15 is 0 Å². The average Bonchev–Trinajstić information content (AvgIpc) is 2.90. The first kappa shape index (κ1) is 24.7. The fraction of sp³-hybridized carbons (Fsp3) is 0.481. The van der Waals surface area contributed by atoms with Crippen LogP contribution in [0.15, 0.2) is 42.7 Å². The van der Waals surface area contributed by atoms with Gasteiger partial charge in [0.15, 0.2) is 0 Å². The lowest BCUT2D eigenvalue weighted by Crippen LogP contribution is -2.44. The fourth-order valence-electron chi connectivity index (χ4n) is 4.88. The number of benzene rings is 1. The highest BCUT2D eigenvalue weighted by atomic mass is 16.5. The van der Waals surface area contributed by atoms with E-state index in [0.29, 0.717) is 38.1 Å². The van der Waals surface area contributed by atoms with E-state index in [1.165, 1.54) is 31.1 Å². The Hall–Kier alpha value is -3.42. The first-order valence-corrected chi connectivity index (χ1v) is 12.4. The average molecular weight is 480 g/mol. The van der Waals surface area contributed by atoms with Crippen molar-refractivity contribution in [1.82, 2.24) is 14.8 Å². The zero-order valence-electron chi connectivity index (χ0n) is 20.3. The van der Waals surface area contributed by atoms with Gasteiger partial charge in [0.1, 0.15) is 12.4 Å². The molecular formula is C27H33N3O5. The standard InChI is InChI=1S/C27H33N3O5/c1-34-27(33)22-17-21(18-28-19-22)26(32)29-12-5-9-25(31)30-13-3-2-7-23(30)11-10-20-6-4-8-24(16-20)35-15-14-29/h4,6,8,16-19,23H,2-3,5,7,9-15H2,1H3. The number of piperidine rings is 1. The lowest BCUT2D eigenvalue weighted by atomic mass is 9.95. The Labute approximate surface area is 206 Å². The third-order valence-corrected chi connectivity index (χ3v) is 6.75. The number of esters is 1. The van der Waals surface area contributed by atoms with Gasteiger partial charge in [-0.2, -0.15) is 0 Å². The van der Waals surface area contributed by atoms with Crippen LogP contribution in [0.1, 0.15) is 64.8 Å². The maximum absolute atomic E-state index is 13.3. The van der Waals surface area contributed by atoms with Crippen LogP contribution in [0.4, 0.5) is 0 Å². The first-order chi connectivity index (χ1) is 17.0. The highest BCUT2D eigenvalue weighted by Gasteiger charge is 2.27. The Balaban J connectivity index is 1.53. The molecule has 0 aliphatic carbocycles. The van der Waals surface area contributed by atoms with Gasteiger partial charge >= 0.3 is 5.97 Å². The lowest BCUT2D eigenvalue weighted by molar-refractivity contribution is -0.135. The molecule has 1 fully saturated rings. The number of carbonyl (C=O) groups excluding carboxylic acids is 3. The minimum Gasteiger partial charge on any atom is -0.492 e. The van der Waals surface area contributed by atoms with E-state index in [4.69, 9.17) is 9.47 Å². The third-order valence-electron chi connectivity index (χ3n) is 6.75. The molecule has 0 radical (unpaired) electrons. The van der Waals surface area contributed by atoms with E-state index in [-0.39, 0.29) is 23.4 Å². The van der Waals surface area contributed by atoms with Crippen molar-refractivity contribution >= 4 is 17.8 Å². The molecule has 2 aliphatic heterocycles. The Morgan fingerprint density at radius 1 is 1.00 bits per heavy atom. The molecule has 1 aromatic heterocycles. The van der Waals surface area contributed by atoms with Gasteiger partial charge < -0.3 is 19.3 Å². The van der Waals surface area contributed by atoms with Crippen LogP contribution >= 0.6 is 0 Å². The van der Waals surface area contributed by atoms with E-state index in [0.717, 1.165) is 44.4 Å². The summed E-state index contributed by atoms with van der Waals surface area (Å²) in [5.74, 6) is 0.134. The van der Waals surface area contributed by atoms with Gasteiger partial charge in [-0.3, -0.25) is 14.6 Å². The number of methoxy groups -OCH3 is 1. The molecule has 8 heteroatoms. The molecule has 1 atom stereocenters. The summed E-state index contributed by atoms with van der Waals surface area (Å²) in [6, 6.07) is 9.80. The molecule has 0 N–H and O–H groups in total. The number of pyridine rings is 1. The van der Waals surface area contributed by atoms with Crippen LogP contribution < -0.4 is 4.74 Å². The van der Waals surface area contributed by atoms with Gasteiger partial charge in [0, 0.05) is 37.9 Å². The van der Waals surface area contributed by atoms with Crippen molar-refractivity contribution in [2.45, 2.75) is 51.0 Å². The predicted molar refractivity (Wildman–Crippen MR) is 130 cm³/mol. The minimum atomic E-state index is -0.547. The van der Waals surface area contributed by atoms with Gasteiger partial charge in [0.25, 0.3) is 5.91 Å². The topological polar surface area (TPSA) is 89.0 Å². The number of hydrogen-bond acceptors (Lipinski definition) is 6. The Kier molecular flexibility index (Phi) is 8.34. The normalized spacial score (nSPS) is 19.6. The van der Waals surface area contributed by atoms with Gasteiger partial charge in [-0.25, -0.2) is 4.79 Å². The minimum absolute atomic E-state index is 0.163. The van der Waals surface area contributed by atoms with Crippen molar-refractivity contribution in [2.24, 2.45) is 0 Å². The van der Waals surface area contributed by atoms with Crippen LogP contribution in [0.25, 0.3) is 0 Å². The van der Waals surface area contributed by atoms with Crippen molar-refractivity contribution in [3.05, 3.63) is 59.4 Å². The summed E-state index contributed by atoms with van der Waals surface area (Å²) in [7, 11) is 1.29. The maximum atomic E-state index is 13.3. The summed E-state index contributed by atoms with van der Waals surface area (Å²) in [4.78, 5) is 46.1. The highest BCUT2D eigenvalue weighted by Crippen LogP contribution is 2.24. The number of aryl methyl sites for hydroxylation is 1. The van der Waals surface area contributed by atoms with Gasteiger partial charge in [0.05, 0.1) is 24.8 Å². The second-order valence-electron chi connectivity index (χ2n) is 9.12. The SMILES string of the molecule is COC(=O)c1cncc(C(=O)N2CCCC(=O)N3CCCCC3CCc3cccc(c3)OCC2)c1. The van der Waals surface area contributed by atoms with Crippen molar-refractivity contribution < 1.29 is 23.9 Å². The number of fused-ring (bicyclic) bond motifs is 3. The molecule has 35 heavy (non-hydrogen) atoms. The number of hydrogen-bond donors (Lipinski definition) is 0. The lowest BCUT2D eigenvalue weighted by Gasteiger charge is -2.36. The third kappa shape index (κ3) is 6.38. The van der Waals surface area contributed by atoms with Crippen molar-refractivity contribution in [1.29, 1.82) is 0 Å². The van der Waals surface area contributed by atoms with Crippen LogP contribution in [-0.4, -0.2) is 72.0 Å². The molecule has 1 aromatic carbocycles. The number of ether oxygens (including phenoxy) is 2. The molecule has 186 valence electrons. The van der Waals surface area contributed by atoms with Gasteiger partial charge in [-0.05, 0) is 62.3 Å². The van der Waals surface area contributed by atoms with Gasteiger partial charge in [-0.15, -0.1) is 0 Å². The number of rotatable bonds is 2. The van der Waals surface area contributed by atoms with Crippen LogP contribution in [0.3, 0.4) is 0 Å². The summed E-state index contributed by atoms with van der Waals surface area (Å²) in [6.45, 7) is 1.89. The van der Waals surface area contributed by atoms with Crippen LogP contribution in [0.2, 0.25) is 0 Å². The van der Waals surface area contributed by atoms with E-state index < -0.39 is 5.97 Å². The van der Waals surface area contributed by atoms with E-state index in [1.54, 1.807) is 4.90 Å². The molecule has 2 aromatic rings. The quantitative estimate of drug-likeness (QED) is 0.613. The van der Waals surface area contributed by atoms with Gasteiger partial charge in [-0.1, -0.05) is 12.1 Å². The summed E-state index contributed by atoms with van der Waals surface area (Å²) < 4.78 is 10.7. The summed E-state index contributed by atoms with van der Waals surface area (Å²) in [6.07, 6.45) is 8.86. The highest BCUT2D eigenvalue weighted by molar-refractivity contribution is 5.97. The van der Waals surface area contributed by atoms with E-state index in [1.807, 2.05) is 18.2 Å². The molecule has 2 bridgehead atoms. The molecule has 2 aliphatic rings. The first-order valence-electron chi connectivity index (χ1n) is 12.4. The van der Waals surface area contributed by atoms with Crippen molar-refractivity contribution in [3.63, 3.8) is 0 Å². The zero-order chi connectivity index (χ0) is 24.6. The molecule has 1 saturated heterocycles. The molecule has 4 rings (SSSR count). The monoisotopic (exact) mass is 479 g/mol. The molecule has 3 heterocycles. The van der Waals surface area contributed by atoms with Crippen molar-refractivity contribution in [2.75, 3.05) is 33.4 Å². The Morgan fingerprint density at radius 2 is 1.86 bits per heavy atom. The largest absolute Gasteiger partial charge is 0.492 e. The second-order valence-corrected chi connectivity index (χ2v) is 9.12. The van der Waals surface area contributed by atoms with Crippen LogP contribution in [0.5, 0.6) is 5.75 Å². The number of nitrogens with zero attached hydrogens (tertiary/aromatic N) is 3. The molecule has 1 unspecified atom stereocenters. The van der Waals surface area contributed by atoms with Crippen LogP contribution in [0, 0.1) is 0 Å². The fourth-order valence-corrected chi connectivity index (χ4v) is 4.88. The molecule has 0 saturated carbocycles. The number of amides is 2. The number of aromatic nitrogens is 1. The second kappa shape index (κ2) is 11.8. The molecule has 2 amide bonds. The Morgan fingerprint density at radius 3 is 2.71 bits per heavy atom. The van der Waals surface area contributed by atoms with E-state index in [9.17, 15) is 14.4 Å². The predicted octanol–water partition coefficient (Wildman–Crippen LogP) is 3.50. The summed E-state index contributed by atoms with van der Waals surface area (Å²) in [5, 5.41) is 0. The summed E-state index contributed by atoms with van der Waals surface area (Å²) in [5.41, 5.74) is 1.71.